The topological polar surface area (TPSA) is 66.6 Å². The first-order valence-electron chi connectivity index (χ1n) is 6.99. The number of hydrogen-bond acceptors (Lipinski definition) is 4. The fraction of sp³-hybridized carbons (Fsp3) is 0.571. The third kappa shape index (κ3) is 4.00. The van der Waals surface area contributed by atoms with E-state index in [1.54, 1.807) is 6.07 Å². The van der Waals surface area contributed by atoms with Crippen LogP contribution in [0.2, 0.25) is 0 Å². The normalized spacial score (nSPS) is 21.1. The number of piperazine rings is 1. The minimum absolute atomic E-state index is 0.109. The predicted molar refractivity (Wildman–Crippen MR) is 80.8 cm³/mol. The Bertz CT molecular complexity index is 584. The van der Waals surface area contributed by atoms with E-state index < -0.39 is 10.0 Å². The number of hydrogen-bond donors (Lipinski definition) is 1. The zero-order chi connectivity index (χ0) is 15.6. The zero-order valence-corrected chi connectivity index (χ0v) is 13.2. The van der Waals surface area contributed by atoms with Crippen LogP contribution in [0, 0.1) is 5.82 Å². The molecule has 7 heteroatoms. The van der Waals surface area contributed by atoms with Gasteiger partial charge in [-0.2, -0.15) is 4.31 Å². The van der Waals surface area contributed by atoms with Crippen LogP contribution >= 0.6 is 0 Å². The quantitative estimate of drug-likeness (QED) is 0.892. The van der Waals surface area contributed by atoms with Crippen molar-refractivity contribution in [1.82, 2.24) is 9.21 Å². The molecule has 2 atom stereocenters. The molecule has 0 aromatic heterocycles. The zero-order valence-electron chi connectivity index (χ0n) is 12.4. The first kappa shape index (κ1) is 16.4. The van der Waals surface area contributed by atoms with E-state index in [9.17, 15) is 12.8 Å². The third-order valence-electron chi connectivity index (χ3n) is 3.82. The van der Waals surface area contributed by atoms with Crippen LogP contribution in [-0.4, -0.2) is 56.1 Å². The van der Waals surface area contributed by atoms with Crippen LogP contribution in [0.5, 0.6) is 0 Å². The average Bonchev–Trinajstić information content (AvgIpc) is 2.38. The van der Waals surface area contributed by atoms with E-state index in [0.717, 1.165) is 5.56 Å². The molecule has 1 fully saturated rings. The summed E-state index contributed by atoms with van der Waals surface area (Å²) in [5, 5.41) is 0. The Kier molecular flexibility index (Phi) is 4.98. The SMILES string of the molecule is CC(N)C(c1cccc(F)c1)N1CCN(S(C)(=O)=O)CC1. The molecule has 2 N–H and O–H groups in total. The summed E-state index contributed by atoms with van der Waals surface area (Å²) in [6, 6.07) is 6.16. The molecule has 1 aliphatic heterocycles. The van der Waals surface area contributed by atoms with Crippen LogP contribution < -0.4 is 5.73 Å². The molecule has 1 aromatic carbocycles. The van der Waals surface area contributed by atoms with Gasteiger partial charge in [-0.25, -0.2) is 12.8 Å². The van der Waals surface area contributed by atoms with Gasteiger partial charge in [-0.3, -0.25) is 4.90 Å². The molecule has 2 unspecified atom stereocenters. The summed E-state index contributed by atoms with van der Waals surface area (Å²) in [5.74, 6) is -0.284. The van der Waals surface area contributed by atoms with Crippen molar-refractivity contribution in [3.05, 3.63) is 35.6 Å². The molecule has 0 saturated carbocycles. The van der Waals surface area contributed by atoms with Gasteiger partial charge < -0.3 is 5.73 Å². The fourth-order valence-electron chi connectivity index (χ4n) is 2.85. The highest BCUT2D eigenvalue weighted by Crippen LogP contribution is 2.25. The van der Waals surface area contributed by atoms with Crippen molar-refractivity contribution in [2.45, 2.75) is 19.0 Å². The van der Waals surface area contributed by atoms with Crippen molar-refractivity contribution >= 4 is 10.0 Å². The minimum atomic E-state index is -3.15. The third-order valence-corrected chi connectivity index (χ3v) is 5.13. The Morgan fingerprint density at radius 3 is 2.33 bits per heavy atom. The lowest BCUT2D eigenvalue weighted by atomic mass is 9.98. The van der Waals surface area contributed by atoms with E-state index in [1.807, 2.05) is 13.0 Å². The molecule has 21 heavy (non-hydrogen) atoms. The lowest BCUT2D eigenvalue weighted by Crippen LogP contribution is -2.52. The highest BCUT2D eigenvalue weighted by Gasteiger charge is 2.30. The van der Waals surface area contributed by atoms with E-state index >= 15 is 0 Å². The summed E-state index contributed by atoms with van der Waals surface area (Å²) in [6.45, 7) is 3.96. The van der Waals surface area contributed by atoms with E-state index in [0.29, 0.717) is 26.2 Å². The van der Waals surface area contributed by atoms with Crippen molar-refractivity contribution in [2.24, 2.45) is 5.73 Å². The smallest absolute Gasteiger partial charge is 0.211 e. The molecule has 0 bridgehead atoms. The Balaban J connectivity index is 2.15. The Morgan fingerprint density at radius 2 is 1.86 bits per heavy atom. The molecule has 0 amide bonds. The summed E-state index contributed by atoms with van der Waals surface area (Å²) in [5.41, 5.74) is 6.91. The number of rotatable bonds is 4. The highest BCUT2D eigenvalue weighted by atomic mass is 32.2. The van der Waals surface area contributed by atoms with Gasteiger partial charge in [-0.15, -0.1) is 0 Å². The monoisotopic (exact) mass is 315 g/mol. The first-order chi connectivity index (χ1) is 9.79. The number of benzene rings is 1. The molecular weight excluding hydrogens is 293 g/mol. The molecule has 0 radical (unpaired) electrons. The van der Waals surface area contributed by atoms with Crippen LogP contribution in [0.25, 0.3) is 0 Å². The van der Waals surface area contributed by atoms with Gasteiger partial charge >= 0.3 is 0 Å². The lowest BCUT2D eigenvalue weighted by Gasteiger charge is -2.40. The minimum Gasteiger partial charge on any atom is -0.326 e. The van der Waals surface area contributed by atoms with Crippen LogP contribution in [0.15, 0.2) is 24.3 Å². The number of sulfonamides is 1. The van der Waals surface area contributed by atoms with Crippen molar-refractivity contribution in [2.75, 3.05) is 32.4 Å². The summed E-state index contributed by atoms with van der Waals surface area (Å²) >= 11 is 0. The highest BCUT2D eigenvalue weighted by molar-refractivity contribution is 7.88. The molecule has 0 spiro atoms. The summed E-state index contributed by atoms with van der Waals surface area (Å²) < 4.78 is 38.0. The van der Waals surface area contributed by atoms with Crippen molar-refractivity contribution in [3.8, 4) is 0 Å². The van der Waals surface area contributed by atoms with Crippen LogP contribution in [0.1, 0.15) is 18.5 Å². The molecule has 1 aromatic rings. The maximum atomic E-state index is 13.4. The van der Waals surface area contributed by atoms with E-state index in [-0.39, 0.29) is 17.9 Å². The second-order valence-electron chi connectivity index (χ2n) is 5.56. The van der Waals surface area contributed by atoms with Gasteiger partial charge in [0.15, 0.2) is 0 Å². The first-order valence-corrected chi connectivity index (χ1v) is 8.84. The van der Waals surface area contributed by atoms with Gasteiger partial charge in [0.25, 0.3) is 0 Å². The van der Waals surface area contributed by atoms with Gasteiger partial charge in [-0.05, 0) is 24.6 Å². The summed E-state index contributed by atoms with van der Waals surface area (Å²) in [7, 11) is -3.15. The maximum absolute atomic E-state index is 13.4. The van der Waals surface area contributed by atoms with Crippen LogP contribution in [0.4, 0.5) is 4.39 Å². The van der Waals surface area contributed by atoms with Gasteiger partial charge in [0.2, 0.25) is 10.0 Å². The molecule has 2 rings (SSSR count). The molecule has 0 aliphatic carbocycles. The molecule has 1 heterocycles. The second kappa shape index (κ2) is 6.39. The predicted octanol–water partition coefficient (Wildman–Crippen LogP) is 0.791. The standard InChI is InChI=1S/C14H22FN3O2S/c1-11(16)14(12-4-3-5-13(15)10-12)17-6-8-18(9-7-17)21(2,19)20/h3-5,10-11,14H,6-9,16H2,1-2H3. The maximum Gasteiger partial charge on any atom is 0.211 e. The van der Waals surface area contributed by atoms with Gasteiger partial charge in [0, 0.05) is 38.3 Å². The second-order valence-corrected chi connectivity index (χ2v) is 7.54. The molecular formula is C14H22FN3O2S. The van der Waals surface area contributed by atoms with Crippen molar-refractivity contribution < 1.29 is 12.8 Å². The molecule has 118 valence electrons. The van der Waals surface area contributed by atoms with Gasteiger partial charge in [0.1, 0.15) is 5.82 Å². The van der Waals surface area contributed by atoms with Gasteiger partial charge in [-0.1, -0.05) is 12.1 Å². The number of nitrogens with two attached hydrogens (primary N) is 1. The summed E-state index contributed by atoms with van der Waals surface area (Å²) in [6.07, 6.45) is 1.22. The Hall–Kier alpha value is -1.02. The fourth-order valence-corrected chi connectivity index (χ4v) is 3.68. The largest absolute Gasteiger partial charge is 0.326 e. The van der Waals surface area contributed by atoms with E-state index in [2.05, 4.69) is 4.90 Å². The molecule has 5 nitrogen and oxygen atoms in total. The summed E-state index contributed by atoms with van der Waals surface area (Å²) in [4.78, 5) is 2.13. The van der Waals surface area contributed by atoms with E-state index in [4.69, 9.17) is 5.73 Å². The Morgan fingerprint density at radius 1 is 1.24 bits per heavy atom. The van der Waals surface area contributed by atoms with Crippen LogP contribution in [0.3, 0.4) is 0 Å². The number of halogens is 1. The number of nitrogens with zero attached hydrogens (tertiary/aromatic N) is 2. The molecule has 1 saturated heterocycles. The lowest BCUT2D eigenvalue weighted by molar-refractivity contribution is 0.123. The van der Waals surface area contributed by atoms with Gasteiger partial charge in [0.05, 0.1) is 6.26 Å². The molecule has 1 aliphatic rings. The van der Waals surface area contributed by atoms with E-state index in [1.165, 1.54) is 22.7 Å². The average molecular weight is 315 g/mol. The Labute approximate surface area is 125 Å². The van der Waals surface area contributed by atoms with Crippen molar-refractivity contribution in [1.29, 1.82) is 0 Å². The van der Waals surface area contributed by atoms with Crippen molar-refractivity contribution in [3.63, 3.8) is 0 Å². The van der Waals surface area contributed by atoms with Crippen LogP contribution in [-0.2, 0) is 10.0 Å².